The number of guanidine groups is 1. The Morgan fingerprint density at radius 1 is 0.936 bits per heavy atom. The van der Waals surface area contributed by atoms with Crippen LogP contribution in [0.4, 0.5) is 0 Å². The van der Waals surface area contributed by atoms with Gasteiger partial charge in [0, 0.05) is 18.8 Å². The van der Waals surface area contributed by atoms with E-state index in [0.29, 0.717) is 12.8 Å². The van der Waals surface area contributed by atoms with E-state index in [-0.39, 0.29) is 56.5 Å². The maximum absolute atomic E-state index is 13.2. The molecule has 0 radical (unpaired) electrons. The standard InChI is InChI=1S/C27H48N10O9S/c1-14(2)9-17(26(45)46)36-24(43)18(12-38)34-20(39)10-32-23(42)16(5-3-7-31-27(29)30)35-25(44)19-6-4-8-37(19)21(40)11-33-22(41)15(28)13-47/h14-19,38,47H,3-13,28H2,1-2H3,(H,32,42)(H,33,41)(H,34,39)(H,35,44)(H,36,43)(H,45,46)(H4,29,30,31)/t15-,16-,17-,18-,19-/m0/s1. The van der Waals surface area contributed by atoms with Crippen LogP contribution >= 0.6 is 12.6 Å². The molecule has 1 aliphatic rings. The zero-order chi connectivity index (χ0) is 35.7. The Morgan fingerprint density at radius 2 is 1.60 bits per heavy atom. The van der Waals surface area contributed by atoms with Crippen molar-refractivity contribution in [2.45, 2.75) is 76.2 Å². The summed E-state index contributed by atoms with van der Waals surface area (Å²) in [6.07, 6.45) is 1.23. The van der Waals surface area contributed by atoms with E-state index in [1.54, 1.807) is 13.8 Å². The monoisotopic (exact) mass is 688 g/mol. The number of nitrogens with two attached hydrogens (primary N) is 2. The number of carboxylic acids is 1. The second-order valence-corrected chi connectivity index (χ2v) is 11.7. The first kappa shape index (κ1) is 40.9. The Balaban J connectivity index is 2.86. The topological polar surface area (TPSA) is 311 Å². The largest absolute Gasteiger partial charge is 0.480 e. The third kappa shape index (κ3) is 14.9. The SMILES string of the molecule is CC(C)C[C@H](NC(=O)[C@H](CO)NC(=O)CNC(=O)[C@H](CCCNC(=N)N)NC(=O)[C@@H]1CCCN1C(=O)CNC(=O)[C@@H](N)CS)C(=O)O. The molecule has 6 amide bonds. The van der Waals surface area contributed by atoms with Gasteiger partial charge in [0.05, 0.1) is 25.7 Å². The Bertz CT molecular complexity index is 1140. The highest BCUT2D eigenvalue weighted by Gasteiger charge is 2.36. The van der Waals surface area contributed by atoms with Crippen molar-refractivity contribution in [1.82, 2.24) is 36.8 Å². The summed E-state index contributed by atoms with van der Waals surface area (Å²) >= 11 is 3.94. The van der Waals surface area contributed by atoms with Crippen LogP contribution in [0.25, 0.3) is 0 Å². The van der Waals surface area contributed by atoms with E-state index in [4.69, 9.17) is 16.9 Å². The van der Waals surface area contributed by atoms with Crippen molar-refractivity contribution in [2.75, 3.05) is 38.5 Å². The molecule has 0 spiro atoms. The van der Waals surface area contributed by atoms with Crippen LogP contribution in [-0.4, -0.2) is 131 Å². The van der Waals surface area contributed by atoms with E-state index < -0.39 is 84.8 Å². The summed E-state index contributed by atoms with van der Waals surface area (Å²) in [5.41, 5.74) is 10.9. The highest BCUT2D eigenvalue weighted by Crippen LogP contribution is 2.18. The van der Waals surface area contributed by atoms with Crippen LogP contribution in [0, 0.1) is 11.3 Å². The molecule has 1 aliphatic heterocycles. The highest BCUT2D eigenvalue weighted by molar-refractivity contribution is 7.80. The number of amides is 6. The molecular formula is C27H48N10O9S. The lowest BCUT2D eigenvalue weighted by atomic mass is 10.0. The minimum atomic E-state index is -1.49. The van der Waals surface area contributed by atoms with Crippen molar-refractivity contribution in [3.05, 3.63) is 0 Å². The average Bonchev–Trinajstić information content (AvgIpc) is 3.51. The molecule has 0 saturated carbocycles. The number of nitrogens with one attached hydrogen (secondary N) is 7. The molecule has 1 rings (SSSR count). The lowest BCUT2D eigenvalue weighted by Crippen LogP contribution is -2.56. The minimum Gasteiger partial charge on any atom is -0.480 e. The van der Waals surface area contributed by atoms with Crippen molar-refractivity contribution in [3.63, 3.8) is 0 Å². The van der Waals surface area contributed by atoms with E-state index in [1.165, 1.54) is 4.90 Å². The molecule has 0 aromatic carbocycles. The lowest BCUT2D eigenvalue weighted by Gasteiger charge is -2.27. The number of carbonyl (C=O) groups is 7. The first-order chi connectivity index (χ1) is 22.1. The van der Waals surface area contributed by atoms with E-state index in [1.807, 2.05) is 0 Å². The van der Waals surface area contributed by atoms with Gasteiger partial charge in [-0.3, -0.25) is 34.2 Å². The molecule has 47 heavy (non-hydrogen) atoms. The summed E-state index contributed by atoms with van der Waals surface area (Å²) in [5, 5.41) is 40.7. The molecule has 0 bridgehead atoms. The summed E-state index contributed by atoms with van der Waals surface area (Å²) in [6.45, 7) is 2.08. The quantitative estimate of drug-likeness (QED) is 0.0249. The number of carbonyl (C=O) groups excluding carboxylic acids is 6. The van der Waals surface area contributed by atoms with Crippen LogP contribution in [0.3, 0.4) is 0 Å². The normalized spacial score (nSPS) is 16.6. The molecule has 0 aromatic rings. The molecule has 1 fully saturated rings. The highest BCUT2D eigenvalue weighted by atomic mass is 32.1. The maximum Gasteiger partial charge on any atom is 0.326 e. The fraction of sp³-hybridized carbons (Fsp3) is 0.704. The third-order valence-electron chi connectivity index (χ3n) is 7.02. The van der Waals surface area contributed by atoms with Crippen molar-refractivity contribution < 1.29 is 43.8 Å². The van der Waals surface area contributed by atoms with E-state index in [2.05, 4.69) is 44.5 Å². The molecule has 1 heterocycles. The van der Waals surface area contributed by atoms with Crippen molar-refractivity contribution >= 4 is 60.0 Å². The zero-order valence-electron chi connectivity index (χ0n) is 26.5. The number of thiol groups is 1. The summed E-state index contributed by atoms with van der Waals surface area (Å²) in [6, 6.07) is -5.75. The number of aliphatic hydroxyl groups is 1. The predicted octanol–water partition coefficient (Wildman–Crippen LogP) is -4.69. The van der Waals surface area contributed by atoms with Crippen molar-refractivity contribution in [1.29, 1.82) is 5.41 Å². The molecule has 0 unspecified atom stereocenters. The van der Waals surface area contributed by atoms with Gasteiger partial charge in [-0.1, -0.05) is 13.8 Å². The Morgan fingerprint density at radius 3 is 2.17 bits per heavy atom. The summed E-state index contributed by atoms with van der Waals surface area (Å²) in [5.74, 6) is -5.87. The molecule has 1 saturated heterocycles. The van der Waals surface area contributed by atoms with Gasteiger partial charge in [-0.15, -0.1) is 0 Å². The summed E-state index contributed by atoms with van der Waals surface area (Å²) < 4.78 is 0. The zero-order valence-corrected chi connectivity index (χ0v) is 27.4. The molecule has 266 valence electrons. The average molecular weight is 689 g/mol. The first-order valence-corrected chi connectivity index (χ1v) is 15.8. The van der Waals surface area contributed by atoms with Crippen LogP contribution in [0.2, 0.25) is 0 Å². The number of rotatable bonds is 20. The minimum absolute atomic E-state index is 0.0475. The molecule has 20 heteroatoms. The van der Waals surface area contributed by atoms with Crippen molar-refractivity contribution in [2.24, 2.45) is 17.4 Å². The van der Waals surface area contributed by atoms with Crippen LogP contribution < -0.4 is 43.4 Å². The lowest BCUT2D eigenvalue weighted by molar-refractivity contribution is -0.143. The summed E-state index contributed by atoms with van der Waals surface area (Å²) in [4.78, 5) is 88.9. The number of aliphatic carboxylic acids is 1. The van der Waals surface area contributed by atoms with E-state index in [0.717, 1.165) is 0 Å². The smallest absolute Gasteiger partial charge is 0.326 e. The second kappa shape index (κ2) is 20.9. The maximum atomic E-state index is 13.2. The van der Waals surface area contributed by atoms with Gasteiger partial charge in [-0.25, -0.2) is 4.79 Å². The Labute approximate surface area is 278 Å². The van der Waals surface area contributed by atoms with Gasteiger partial charge in [0.1, 0.15) is 24.2 Å². The van der Waals surface area contributed by atoms with Gasteiger partial charge >= 0.3 is 5.97 Å². The van der Waals surface area contributed by atoms with Gasteiger partial charge in [0.25, 0.3) is 0 Å². The number of aliphatic hydroxyl groups excluding tert-OH is 1. The molecule has 5 atom stereocenters. The fourth-order valence-electron chi connectivity index (χ4n) is 4.58. The molecule has 0 aromatic heterocycles. The summed E-state index contributed by atoms with van der Waals surface area (Å²) in [7, 11) is 0. The molecule has 19 nitrogen and oxygen atoms in total. The van der Waals surface area contributed by atoms with Gasteiger partial charge in [0.2, 0.25) is 35.4 Å². The molecule has 0 aliphatic carbocycles. The van der Waals surface area contributed by atoms with Gasteiger partial charge in [0.15, 0.2) is 5.96 Å². The van der Waals surface area contributed by atoms with Crippen LogP contribution in [0.1, 0.15) is 46.0 Å². The van der Waals surface area contributed by atoms with Crippen molar-refractivity contribution in [3.8, 4) is 0 Å². The van der Waals surface area contributed by atoms with Gasteiger partial charge in [-0.2, -0.15) is 12.6 Å². The van der Waals surface area contributed by atoms with E-state index in [9.17, 15) is 43.8 Å². The fourth-order valence-corrected chi connectivity index (χ4v) is 4.74. The number of hydrogen-bond acceptors (Lipinski definition) is 11. The second-order valence-electron chi connectivity index (χ2n) is 11.3. The van der Waals surface area contributed by atoms with Gasteiger partial charge < -0.3 is 58.5 Å². The van der Waals surface area contributed by atoms with Crippen LogP contribution in [0.5, 0.6) is 0 Å². The molecule has 13 N–H and O–H groups in total. The van der Waals surface area contributed by atoms with E-state index >= 15 is 0 Å². The first-order valence-electron chi connectivity index (χ1n) is 15.1. The third-order valence-corrected chi connectivity index (χ3v) is 7.41. The number of likely N-dealkylation sites (tertiary alicyclic amines) is 1. The number of nitrogens with zero attached hydrogens (tertiary/aromatic N) is 1. The van der Waals surface area contributed by atoms with Crippen LogP contribution in [0.15, 0.2) is 0 Å². The Kier molecular flexibility index (Phi) is 18.1. The molecular weight excluding hydrogens is 640 g/mol. The predicted molar refractivity (Wildman–Crippen MR) is 172 cm³/mol. The number of carboxylic acid groups (broad SMARTS) is 1. The number of hydrogen-bond donors (Lipinski definition) is 12. The Hall–Kier alpha value is -4.17. The van der Waals surface area contributed by atoms with Crippen LogP contribution in [-0.2, 0) is 33.6 Å². The van der Waals surface area contributed by atoms with Gasteiger partial charge in [-0.05, 0) is 38.0 Å².